The Morgan fingerprint density at radius 3 is 2.19 bits per heavy atom. The quantitative estimate of drug-likeness (QED) is 0.835. The first-order valence-electron chi connectivity index (χ1n) is 5.28. The second kappa shape index (κ2) is 4.06. The van der Waals surface area contributed by atoms with Crippen molar-refractivity contribution in [3.8, 4) is 11.3 Å². The zero-order valence-corrected chi connectivity index (χ0v) is 11.3. The van der Waals surface area contributed by atoms with Crippen LogP contribution in [0.4, 0.5) is 0 Å². The van der Waals surface area contributed by atoms with Crippen LogP contribution in [0.25, 0.3) is 11.3 Å². The maximum absolute atomic E-state index is 4.00. The van der Waals surface area contributed by atoms with Gasteiger partial charge in [0.25, 0.3) is 0 Å². The van der Waals surface area contributed by atoms with Gasteiger partial charge in [0.2, 0.25) is 0 Å². The second-order valence-corrected chi connectivity index (χ2v) is 5.77. The molecule has 0 aliphatic rings. The summed E-state index contributed by atoms with van der Waals surface area (Å²) in [4.78, 5) is 0. The van der Waals surface area contributed by atoms with E-state index in [9.17, 15) is 0 Å². The van der Waals surface area contributed by atoms with E-state index in [1.54, 1.807) is 6.20 Å². The molecule has 0 atom stereocenters. The Balaban J connectivity index is 2.37. The molecule has 0 aliphatic heterocycles. The van der Waals surface area contributed by atoms with Crippen molar-refractivity contribution in [3.63, 3.8) is 0 Å². The van der Waals surface area contributed by atoms with E-state index in [4.69, 9.17) is 0 Å². The summed E-state index contributed by atoms with van der Waals surface area (Å²) in [7, 11) is 0. The molecule has 1 N–H and O–H groups in total. The van der Waals surface area contributed by atoms with Crippen molar-refractivity contribution < 1.29 is 0 Å². The van der Waals surface area contributed by atoms with Crippen LogP contribution in [0.1, 0.15) is 26.3 Å². The van der Waals surface area contributed by atoms with Crippen LogP contribution in [-0.2, 0) is 5.41 Å². The Hall–Kier alpha value is -1.09. The van der Waals surface area contributed by atoms with Crippen LogP contribution >= 0.6 is 15.9 Å². The Morgan fingerprint density at radius 1 is 1.12 bits per heavy atom. The lowest BCUT2D eigenvalue weighted by Crippen LogP contribution is -2.10. The molecule has 0 saturated heterocycles. The summed E-state index contributed by atoms with van der Waals surface area (Å²) in [5.41, 5.74) is 3.72. The first-order chi connectivity index (χ1) is 7.48. The van der Waals surface area contributed by atoms with Gasteiger partial charge in [-0.05, 0) is 26.9 Å². The average Bonchev–Trinajstić information content (AvgIpc) is 2.63. The third-order valence-electron chi connectivity index (χ3n) is 2.63. The van der Waals surface area contributed by atoms with Crippen molar-refractivity contribution in [2.45, 2.75) is 26.2 Å². The van der Waals surface area contributed by atoms with Gasteiger partial charge in [0.1, 0.15) is 0 Å². The first kappa shape index (κ1) is 11.4. The maximum Gasteiger partial charge on any atom is 0.0792 e. The third-order valence-corrected chi connectivity index (χ3v) is 3.23. The molecule has 1 aromatic carbocycles. The predicted octanol–water partition coefficient (Wildman–Crippen LogP) is 4.14. The smallest absolute Gasteiger partial charge is 0.0792 e. The van der Waals surface area contributed by atoms with Crippen LogP contribution < -0.4 is 0 Å². The zero-order chi connectivity index (χ0) is 11.8. The number of hydrogen-bond donors (Lipinski definition) is 1. The first-order valence-corrected chi connectivity index (χ1v) is 6.07. The normalized spacial score (nSPS) is 11.8. The standard InChI is InChI=1S/C13H15BrN2/c1-13(2,3)10-6-4-9(5-7-10)12-11(14)8-15-16-12/h4-8H,1-3H3,(H,15,16). The lowest BCUT2D eigenvalue weighted by Gasteiger charge is -2.19. The second-order valence-electron chi connectivity index (χ2n) is 4.92. The molecule has 2 aromatic rings. The molecule has 0 aliphatic carbocycles. The van der Waals surface area contributed by atoms with Gasteiger partial charge in [-0.1, -0.05) is 45.0 Å². The van der Waals surface area contributed by atoms with Crippen molar-refractivity contribution >= 4 is 15.9 Å². The van der Waals surface area contributed by atoms with Gasteiger partial charge in [-0.15, -0.1) is 0 Å². The minimum Gasteiger partial charge on any atom is -0.277 e. The fraction of sp³-hybridized carbons (Fsp3) is 0.308. The highest BCUT2D eigenvalue weighted by molar-refractivity contribution is 9.10. The molecule has 0 amide bonds. The summed E-state index contributed by atoms with van der Waals surface area (Å²) < 4.78 is 0.996. The van der Waals surface area contributed by atoms with Gasteiger partial charge in [0.05, 0.1) is 16.4 Å². The van der Waals surface area contributed by atoms with Gasteiger partial charge in [-0.2, -0.15) is 5.10 Å². The highest BCUT2D eigenvalue weighted by Crippen LogP contribution is 2.28. The molecule has 2 rings (SSSR count). The summed E-state index contributed by atoms with van der Waals surface area (Å²) >= 11 is 3.47. The minimum absolute atomic E-state index is 0.198. The van der Waals surface area contributed by atoms with Crippen LogP contribution in [-0.4, -0.2) is 10.2 Å². The number of rotatable bonds is 1. The highest BCUT2D eigenvalue weighted by Gasteiger charge is 2.13. The topological polar surface area (TPSA) is 28.7 Å². The minimum atomic E-state index is 0.198. The molecule has 16 heavy (non-hydrogen) atoms. The van der Waals surface area contributed by atoms with Gasteiger partial charge < -0.3 is 0 Å². The van der Waals surface area contributed by atoms with E-state index in [1.807, 2.05) is 0 Å². The fourth-order valence-corrected chi connectivity index (χ4v) is 2.03. The predicted molar refractivity (Wildman–Crippen MR) is 70.4 cm³/mol. The van der Waals surface area contributed by atoms with Crippen LogP contribution in [0, 0.1) is 0 Å². The van der Waals surface area contributed by atoms with Crippen molar-refractivity contribution in [1.82, 2.24) is 10.2 Å². The molecule has 0 unspecified atom stereocenters. The summed E-state index contributed by atoms with van der Waals surface area (Å²) in [6, 6.07) is 8.59. The Kier molecular flexibility index (Phi) is 2.89. The van der Waals surface area contributed by atoms with E-state index in [0.29, 0.717) is 0 Å². The number of aromatic amines is 1. The van der Waals surface area contributed by atoms with Crippen molar-refractivity contribution in [1.29, 1.82) is 0 Å². The van der Waals surface area contributed by atoms with Crippen molar-refractivity contribution in [3.05, 3.63) is 40.5 Å². The summed E-state index contributed by atoms with van der Waals surface area (Å²) in [5, 5.41) is 6.98. The monoisotopic (exact) mass is 278 g/mol. The lowest BCUT2D eigenvalue weighted by molar-refractivity contribution is 0.590. The van der Waals surface area contributed by atoms with E-state index < -0.39 is 0 Å². The highest BCUT2D eigenvalue weighted by atomic mass is 79.9. The number of aromatic nitrogens is 2. The molecule has 84 valence electrons. The van der Waals surface area contributed by atoms with Crippen LogP contribution in [0.2, 0.25) is 0 Å². The average molecular weight is 279 g/mol. The van der Waals surface area contributed by atoms with Gasteiger partial charge in [-0.3, -0.25) is 5.10 Å². The number of nitrogens with one attached hydrogen (secondary N) is 1. The Labute approximate surface area is 104 Å². The third kappa shape index (κ3) is 2.19. The van der Waals surface area contributed by atoms with E-state index in [0.717, 1.165) is 15.7 Å². The summed E-state index contributed by atoms with van der Waals surface area (Å²) in [6.45, 7) is 6.65. The number of nitrogens with zero attached hydrogens (tertiary/aromatic N) is 1. The van der Waals surface area contributed by atoms with Crippen LogP contribution in [0.15, 0.2) is 34.9 Å². The van der Waals surface area contributed by atoms with E-state index in [2.05, 4.69) is 71.2 Å². The van der Waals surface area contributed by atoms with Crippen LogP contribution in [0.3, 0.4) is 0 Å². The lowest BCUT2D eigenvalue weighted by atomic mass is 9.86. The molecule has 0 spiro atoms. The molecular weight excluding hydrogens is 264 g/mol. The zero-order valence-electron chi connectivity index (χ0n) is 9.71. The maximum atomic E-state index is 4.00. The molecule has 1 aromatic heterocycles. The molecular formula is C13H15BrN2. The summed E-state index contributed by atoms with van der Waals surface area (Å²) in [6.07, 6.45) is 1.77. The molecule has 3 heteroatoms. The van der Waals surface area contributed by atoms with Crippen molar-refractivity contribution in [2.75, 3.05) is 0 Å². The Bertz CT molecular complexity index is 477. The van der Waals surface area contributed by atoms with Gasteiger partial charge in [-0.25, -0.2) is 0 Å². The molecule has 0 radical (unpaired) electrons. The van der Waals surface area contributed by atoms with Gasteiger partial charge in [0.15, 0.2) is 0 Å². The van der Waals surface area contributed by atoms with Gasteiger partial charge >= 0.3 is 0 Å². The number of H-pyrrole nitrogens is 1. The van der Waals surface area contributed by atoms with Gasteiger partial charge in [0, 0.05) is 5.56 Å². The van der Waals surface area contributed by atoms with Crippen molar-refractivity contribution in [2.24, 2.45) is 0 Å². The van der Waals surface area contributed by atoms with E-state index in [1.165, 1.54) is 5.56 Å². The molecule has 0 saturated carbocycles. The van der Waals surface area contributed by atoms with Crippen LogP contribution in [0.5, 0.6) is 0 Å². The molecule has 0 bridgehead atoms. The number of halogens is 1. The largest absolute Gasteiger partial charge is 0.277 e. The fourth-order valence-electron chi connectivity index (χ4n) is 1.61. The SMILES string of the molecule is CC(C)(C)c1ccc(-c2[nH]ncc2Br)cc1. The van der Waals surface area contributed by atoms with E-state index >= 15 is 0 Å². The van der Waals surface area contributed by atoms with E-state index in [-0.39, 0.29) is 5.41 Å². The number of hydrogen-bond acceptors (Lipinski definition) is 1. The molecule has 0 fully saturated rings. The molecule has 1 heterocycles. The Morgan fingerprint density at radius 2 is 1.75 bits per heavy atom. The molecule has 2 nitrogen and oxygen atoms in total. The summed E-state index contributed by atoms with van der Waals surface area (Å²) in [5.74, 6) is 0. The number of benzene rings is 1.